The molecule has 2 aromatic carbocycles. The van der Waals surface area contributed by atoms with Crippen molar-refractivity contribution in [2.75, 3.05) is 12.4 Å². The van der Waals surface area contributed by atoms with Crippen LogP contribution in [0.25, 0.3) is 0 Å². The smallest absolute Gasteiger partial charge is 0.261 e. The van der Waals surface area contributed by atoms with Crippen molar-refractivity contribution in [1.82, 2.24) is 9.88 Å². The molecule has 1 aliphatic heterocycles. The van der Waals surface area contributed by atoms with Crippen molar-refractivity contribution in [3.63, 3.8) is 0 Å². The maximum absolute atomic E-state index is 13.0. The Balaban J connectivity index is 1.48. The number of imide groups is 1. The van der Waals surface area contributed by atoms with Gasteiger partial charge in [0.05, 0.1) is 11.1 Å². The molecule has 2 heterocycles. The first-order valence-electron chi connectivity index (χ1n) is 8.39. The standard InChI is InChI=1S/C20H14FN3O3S/c1-24-18(26)15-7-4-12(9-16(15)19(24)27)17(25)23-20-22-10-14(28-20)8-11-2-5-13(21)6-3-11/h2-7,9-10H,8H2,1H3,(H,22,23,25). The van der Waals surface area contributed by atoms with Gasteiger partial charge in [0, 0.05) is 30.1 Å². The van der Waals surface area contributed by atoms with Crippen LogP contribution in [-0.2, 0) is 6.42 Å². The molecular formula is C20H14FN3O3S. The summed E-state index contributed by atoms with van der Waals surface area (Å²) in [6.07, 6.45) is 2.24. The molecular weight excluding hydrogens is 381 g/mol. The van der Waals surface area contributed by atoms with Gasteiger partial charge in [0.1, 0.15) is 5.82 Å². The third kappa shape index (κ3) is 3.29. The van der Waals surface area contributed by atoms with Gasteiger partial charge in [-0.15, -0.1) is 11.3 Å². The molecule has 0 saturated heterocycles. The van der Waals surface area contributed by atoms with Crippen molar-refractivity contribution in [3.05, 3.63) is 81.6 Å². The summed E-state index contributed by atoms with van der Waals surface area (Å²) in [6, 6.07) is 10.6. The minimum absolute atomic E-state index is 0.219. The van der Waals surface area contributed by atoms with Crippen LogP contribution >= 0.6 is 11.3 Å². The second-order valence-corrected chi connectivity index (χ2v) is 7.43. The first-order valence-corrected chi connectivity index (χ1v) is 9.21. The van der Waals surface area contributed by atoms with E-state index < -0.39 is 11.8 Å². The van der Waals surface area contributed by atoms with Crippen LogP contribution < -0.4 is 5.32 Å². The molecule has 0 saturated carbocycles. The number of amides is 3. The maximum Gasteiger partial charge on any atom is 0.261 e. The van der Waals surface area contributed by atoms with Crippen LogP contribution in [0, 0.1) is 5.82 Å². The van der Waals surface area contributed by atoms with Gasteiger partial charge in [-0.05, 0) is 35.9 Å². The zero-order chi connectivity index (χ0) is 19.8. The minimum atomic E-state index is -0.425. The van der Waals surface area contributed by atoms with Gasteiger partial charge >= 0.3 is 0 Å². The lowest BCUT2D eigenvalue weighted by atomic mass is 10.1. The first kappa shape index (κ1) is 18.0. The van der Waals surface area contributed by atoms with E-state index in [1.54, 1.807) is 18.3 Å². The topological polar surface area (TPSA) is 79.4 Å². The summed E-state index contributed by atoms with van der Waals surface area (Å²) in [5.41, 5.74) is 1.72. The first-order chi connectivity index (χ1) is 13.4. The number of anilines is 1. The summed E-state index contributed by atoms with van der Waals surface area (Å²) in [4.78, 5) is 42.6. The lowest BCUT2D eigenvalue weighted by Crippen LogP contribution is -2.24. The Hall–Kier alpha value is -3.39. The predicted molar refractivity (Wildman–Crippen MR) is 102 cm³/mol. The van der Waals surface area contributed by atoms with Gasteiger partial charge in [-0.3, -0.25) is 24.6 Å². The molecule has 3 aromatic rings. The zero-order valence-corrected chi connectivity index (χ0v) is 15.5. The molecule has 0 radical (unpaired) electrons. The number of halogens is 1. The fourth-order valence-electron chi connectivity index (χ4n) is 2.92. The number of hydrogen-bond acceptors (Lipinski definition) is 5. The Kier molecular flexibility index (Phi) is 4.48. The molecule has 0 spiro atoms. The van der Waals surface area contributed by atoms with Crippen molar-refractivity contribution in [2.24, 2.45) is 0 Å². The Bertz CT molecular complexity index is 1110. The molecule has 140 valence electrons. The second kappa shape index (κ2) is 6.97. The summed E-state index contributed by atoms with van der Waals surface area (Å²) in [5.74, 6) is -1.51. The molecule has 1 aromatic heterocycles. The van der Waals surface area contributed by atoms with Crippen LogP contribution in [0.5, 0.6) is 0 Å². The summed E-state index contributed by atoms with van der Waals surface area (Å²) < 4.78 is 13.0. The molecule has 0 unspecified atom stereocenters. The fourth-order valence-corrected chi connectivity index (χ4v) is 3.76. The van der Waals surface area contributed by atoms with Gasteiger partial charge in [-0.1, -0.05) is 12.1 Å². The van der Waals surface area contributed by atoms with E-state index in [2.05, 4.69) is 10.3 Å². The molecule has 8 heteroatoms. The third-order valence-electron chi connectivity index (χ3n) is 4.42. The lowest BCUT2D eigenvalue weighted by molar-refractivity contribution is 0.0693. The van der Waals surface area contributed by atoms with Crippen LogP contribution in [-0.4, -0.2) is 34.7 Å². The van der Waals surface area contributed by atoms with Gasteiger partial charge in [-0.2, -0.15) is 0 Å². The normalized spacial score (nSPS) is 13.0. The summed E-state index contributed by atoms with van der Waals surface area (Å²) in [5, 5.41) is 3.12. The van der Waals surface area contributed by atoms with Crippen molar-refractivity contribution in [1.29, 1.82) is 0 Å². The number of benzene rings is 2. The molecule has 0 aliphatic carbocycles. The van der Waals surface area contributed by atoms with E-state index in [0.29, 0.717) is 17.1 Å². The number of hydrogen-bond donors (Lipinski definition) is 1. The number of carbonyl (C=O) groups is 3. The van der Waals surface area contributed by atoms with E-state index >= 15 is 0 Å². The van der Waals surface area contributed by atoms with E-state index in [1.165, 1.54) is 48.7 Å². The number of fused-ring (bicyclic) bond motifs is 1. The van der Waals surface area contributed by atoms with Gasteiger partial charge in [0.2, 0.25) is 0 Å². The quantitative estimate of drug-likeness (QED) is 0.687. The zero-order valence-electron chi connectivity index (χ0n) is 14.7. The summed E-state index contributed by atoms with van der Waals surface area (Å²) in [7, 11) is 1.41. The largest absolute Gasteiger partial charge is 0.298 e. The number of nitrogens with one attached hydrogen (secondary N) is 1. The van der Waals surface area contributed by atoms with E-state index in [0.717, 1.165) is 15.3 Å². The van der Waals surface area contributed by atoms with Crippen LogP contribution in [0.4, 0.5) is 9.52 Å². The number of carbonyl (C=O) groups excluding carboxylic acids is 3. The molecule has 6 nitrogen and oxygen atoms in total. The van der Waals surface area contributed by atoms with Gasteiger partial charge in [0.15, 0.2) is 5.13 Å². The molecule has 1 aliphatic rings. The molecule has 0 bridgehead atoms. The number of aromatic nitrogens is 1. The highest BCUT2D eigenvalue weighted by atomic mass is 32.1. The van der Waals surface area contributed by atoms with Crippen molar-refractivity contribution < 1.29 is 18.8 Å². The van der Waals surface area contributed by atoms with Gasteiger partial charge in [0.25, 0.3) is 17.7 Å². The Morgan fingerprint density at radius 2 is 1.82 bits per heavy atom. The van der Waals surface area contributed by atoms with E-state index in [1.807, 2.05) is 0 Å². The molecule has 28 heavy (non-hydrogen) atoms. The van der Waals surface area contributed by atoms with Gasteiger partial charge < -0.3 is 0 Å². The van der Waals surface area contributed by atoms with Crippen molar-refractivity contribution in [2.45, 2.75) is 6.42 Å². The Morgan fingerprint density at radius 3 is 2.57 bits per heavy atom. The molecule has 0 fully saturated rings. The highest BCUT2D eigenvalue weighted by molar-refractivity contribution is 7.15. The van der Waals surface area contributed by atoms with Crippen molar-refractivity contribution in [3.8, 4) is 0 Å². The predicted octanol–water partition coefficient (Wildman–Crippen LogP) is 3.35. The second-order valence-electron chi connectivity index (χ2n) is 6.32. The third-order valence-corrected chi connectivity index (χ3v) is 5.33. The summed E-state index contributed by atoms with van der Waals surface area (Å²) in [6.45, 7) is 0. The minimum Gasteiger partial charge on any atom is -0.298 e. The average Bonchev–Trinajstić information content (AvgIpc) is 3.22. The monoisotopic (exact) mass is 395 g/mol. The van der Waals surface area contributed by atoms with E-state index in [-0.39, 0.29) is 22.9 Å². The molecule has 4 rings (SSSR count). The van der Waals surface area contributed by atoms with Crippen LogP contribution in [0.3, 0.4) is 0 Å². The van der Waals surface area contributed by atoms with Crippen LogP contribution in [0.2, 0.25) is 0 Å². The molecule has 1 N–H and O–H groups in total. The van der Waals surface area contributed by atoms with E-state index in [4.69, 9.17) is 0 Å². The maximum atomic E-state index is 13.0. The molecule has 0 atom stereocenters. The van der Waals surface area contributed by atoms with Crippen LogP contribution in [0.1, 0.15) is 41.5 Å². The van der Waals surface area contributed by atoms with Crippen LogP contribution in [0.15, 0.2) is 48.7 Å². The Morgan fingerprint density at radius 1 is 1.11 bits per heavy atom. The molecule has 3 amide bonds. The SMILES string of the molecule is CN1C(=O)c2ccc(C(=O)Nc3ncc(Cc4ccc(F)cc4)s3)cc2C1=O. The lowest BCUT2D eigenvalue weighted by Gasteiger charge is -2.03. The van der Waals surface area contributed by atoms with E-state index in [9.17, 15) is 18.8 Å². The van der Waals surface area contributed by atoms with Crippen molar-refractivity contribution >= 4 is 34.2 Å². The number of thiazole rings is 1. The number of nitrogens with zero attached hydrogens (tertiary/aromatic N) is 2. The highest BCUT2D eigenvalue weighted by Crippen LogP contribution is 2.25. The average molecular weight is 395 g/mol. The Labute approximate surface area is 163 Å². The summed E-state index contributed by atoms with van der Waals surface area (Å²) >= 11 is 1.32. The van der Waals surface area contributed by atoms with Gasteiger partial charge in [-0.25, -0.2) is 9.37 Å². The fraction of sp³-hybridized carbons (Fsp3) is 0.100. The number of rotatable bonds is 4. The highest BCUT2D eigenvalue weighted by Gasteiger charge is 2.33.